The monoisotopic (exact) mass is 336 g/mol. The van der Waals surface area contributed by atoms with Crippen LogP contribution < -0.4 is 0 Å². The molecule has 2 bridgehead atoms. The molecular weight excluding hydrogens is 304 g/mol. The van der Waals surface area contributed by atoms with Crippen LogP contribution >= 0.6 is 0 Å². The van der Waals surface area contributed by atoms with Crippen LogP contribution in [-0.4, -0.2) is 39.9 Å². The summed E-state index contributed by atoms with van der Waals surface area (Å²) in [5.41, 5.74) is -1.31. The van der Waals surface area contributed by atoms with Crippen LogP contribution in [0.5, 0.6) is 0 Å². The minimum atomic E-state index is -1.03. The van der Waals surface area contributed by atoms with Crippen LogP contribution in [0.1, 0.15) is 59.3 Å². The summed E-state index contributed by atoms with van der Waals surface area (Å²) >= 11 is 0. The van der Waals surface area contributed by atoms with Crippen molar-refractivity contribution in [3.05, 3.63) is 0 Å². The lowest BCUT2D eigenvalue weighted by Crippen LogP contribution is -2.68. The molecule has 24 heavy (non-hydrogen) atoms. The highest BCUT2D eigenvalue weighted by Gasteiger charge is 2.75. The van der Waals surface area contributed by atoms with Crippen LogP contribution in [0, 0.1) is 39.9 Å². The minimum Gasteiger partial charge on any atom is -0.396 e. The largest absolute Gasteiger partial charge is 0.396 e. The van der Waals surface area contributed by atoms with E-state index >= 15 is 0 Å². The summed E-state index contributed by atoms with van der Waals surface area (Å²) in [6.45, 7) is 6.47. The summed E-state index contributed by atoms with van der Waals surface area (Å²) in [6, 6.07) is 0. The molecule has 4 aliphatic carbocycles. The SMILES string of the molecule is C[C@H]1C(=O)[C@@]23[C@H](O)C[C@@H]4C(C)(C)CCC[C@@]4(CO)[C@@H]2CC[C@@H]1[C@H]3O. The lowest BCUT2D eigenvalue weighted by molar-refractivity contribution is -0.239. The quantitative estimate of drug-likeness (QED) is 0.686. The maximum absolute atomic E-state index is 13.3. The van der Waals surface area contributed by atoms with Crippen LogP contribution in [0.25, 0.3) is 0 Å². The average molecular weight is 336 g/mol. The van der Waals surface area contributed by atoms with E-state index in [0.29, 0.717) is 6.42 Å². The molecule has 0 heterocycles. The van der Waals surface area contributed by atoms with Gasteiger partial charge in [0.2, 0.25) is 0 Å². The number of rotatable bonds is 1. The normalized spacial score (nSPS) is 55.8. The van der Waals surface area contributed by atoms with E-state index < -0.39 is 17.6 Å². The third-order valence-electron chi connectivity index (χ3n) is 8.84. The molecule has 8 atom stereocenters. The van der Waals surface area contributed by atoms with Gasteiger partial charge in [0.15, 0.2) is 0 Å². The van der Waals surface area contributed by atoms with E-state index in [1.807, 2.05) is 6.92 Å². The first-order valence-electron chi connectivity index (χ1n) is 9.75. The third-order valence-corrected chi connectivity index (χ3v) is 8.84. The highest BCUT2D eigenvalue weighted by atomic mass is 16.3. The Morgan fingerprint density at radius 2 is 1.83 bits per heavy atom. The van der Waals surface area contributed by atoms with Crippen LogP contribution in [0.2, 0.25) is 0 Å². The van der Waals surface area contributed by atoms with Crippen molar-refractivity contribution in [2.75, 3.05) is 6.61 Å². The second-order valence-electron chi connectivity index (χ2n) is 9.86. The zero-order chi connectivity index (χ0) is 17.5. The average Bonchev–Trinajstić information content (AvgIpc) is 2.65. The number of hydrogen-bond donors (Lipinski definition) is 3. The Hall–Kier alpha value is -0.450. The molecule has 0 amide bonds. The van der Waals surface area contributed by atoms with Crippen molar-refractivity contribution in [1.82, 2.24) is 0 Å². The number of carbonyl (C=O) groups is 1. The van der Waals surface area contributed by atoms with Crippen molar-refractivity contribution in [1.29, 1.82) is 0 Å². The molecule has 0 radical (unpaired) electrons. The van der Waals surface area contributed by atoms with Crippen LogP contribution in [-0.2, 0) is 4.79 Å². The van der Waals surface area contributed by atoms with Gasteiger partial charge in [-0.3, -0.25) is 4.79 Å². The van der Waals surface area contributed by atoms with Gasteiger partial charge in [-0.25, -0.2) is 0 Å². The molecule has 0 aromatic carbocycles. The van der Waals surface area contributed by atoms with Gasteiger partial charge in [0.1, 0.15) is 5.78 Å². The summed E-state index contributed by atoms with van der Waals surface area (Å²) in [6.07, 6.45) is 3.76. The summed E-state index contributed by atoms with van der Waals surface area (Å²) < 4.78 is 0. The molecule has 0 aromatic rings. The summed E-state index contributed by atoms with van der Waals surface area (Å²) in [4.78, 5) is 13.3. The Morgan fingerprint density at radius 3 is 2.50 bits per heavy atom. The van der Waals surface area contributed by atoms with Crippen molar-refractivity contribution in [3.8, 4) is 0 Å². The molecule has 0 aliphatic heterocycles. The fourth-order valence-corrected chi connectivity index (χ4v) is 7.79. The van der Waals surface area contributed by atoms with Gasteiger partial charge in [-0.1, -0.05) is 27.2 Å². The fourth-order valence-electron chi connectivity index (χ4n) is 7.79. The Labute approximate surface area is 144 Å². The van der Waals surface area contributed by atoms with E-state index in [1.165, 1.54) is 0 Å². The minimum absolute atomic E-state index is 0.0210. The van der Waals surface area contributed by atoms with Crippen LogP contribution in [0.4, 0.5) is 0 Å². The first-order chi connectivity index (χ1) is 11.2. The standard InChI is InChI=1S/C20H32O4/c1-11-12-5-6-13-19(10-21)8-4-7-18(2,3)14(19)9-15(22)20(13,16(11)23)17(12)24/h11-15,17,21-22,24H,4-10H2,1-3H3/t11-,12+,13+,14-,15-,17-,19-,20+/m1/s1. The van der Waals surface area contributed by atoms with Gasteiger partial charge in [-0.2, -0.15) is 0 Å². The summed E-state index contributed by atoms with van der Waals surface area (Å²) in [5, 5.41) is 32.8. The lowest BCUT2D eigenvalue weighted by atomic mass is 9.39. The first-order valence-corrected chi connectivity index (χ1v) is 9.75. The number of Topliss-reactive ketones (excluding diaryl/α,β-unsaturated/α-hetero) is 1. The molecule has 4 heteroatoms. The van der Waals surface area contributed by atoms with Crippen molar-refractivity contribution < 1.29 is 20.1 Å². The number of aliphatic hydroxyl groups is 3. The van der Waals surface area contributed by atoms with E-state index in [-0.39, 0.29) is 46.9 Å². The van der Waals surface area contributed by atoms with E-state index in [2.05, 4.69) is 13.8 Å². The molecule has 0 saturated heterocycles. The van der Waals surface area contributed by atoms with Crippen LogP contribution in [0.15, 0.2) is 0 Å². The number of aliphatic hydroxyl groups excluding tert-OH is 3. The summed E-state index contributed by atoms with van der Waals surface area (Å²) in [5.74, 6) is -0.0191. The first kappa shape index (κ1) is 17.0. The molecule has 4 aliphatic rings. The van der Waals surface area contributed by atoms with Gasteiger partial charge >= 0.3 is 0 Å². The predicted octanol–water partition coefficient (Wildman–Crippen LogP) is 2.15. The molecular formula is C20H32O4. The molecule has 4 rings (SSSR count). The van der Waals surface area contributed by atoms with Gasteiger partial charge in [0, 0.05) is 17.9 Å². The second-order valence-corrected chi connectivity index (χ2v) is 9.86. The zero-order valence-corrected chi connectivity index (χ0v) is 15.2. The zero-order valence-electron chi connectivity index (χ0n) is 15.2. The van der Waals surface area contributed by atoms with Gasteiger partial charge in [0.25, 0.3) is 0 Å². The van der Waals surface area contributed by atoms with Crippen molar-refractivity contribution >= 4 is 5.78 Å². The summed E-state index contributed by atoms with van der Waals surface area (Å²) in [7, 11) is 0. The van der Waals surface area contributed by atoms with Crippen molar-refractivity contribution in [2.24, 2.45) is 39.9 Å². The molecule has 1 spiro atoms. The van der Waals surface area contributed by atoms with Crippen LogP contribution in [0.3, 0.4) is 0 Å². The van der Waals surface area contributed by atoms with Gasteiger partial charge in [0.05, 0.1) is 17.6 Å². The molecule has 4 fully saturated rings. The smallest absolute Gasteiger partial charge is 0.147 e. The molecule has 4 saturated carbocycles. The Kier molecular flexibility index (Phi) is 3.57. The molecule has 136 valence electrons. The van der Waals surface area contributed by atoms with E-state index in [4.69, 9.17) is 0 Å². The number of ketones is 1. The van der Waals surface area contributed by atoms with E-state index in [9.17, 15) is 20.1 Å². The van der Waals surface area contributed by atoms with Gasteiger partial charge in [-0.05, 0) is 55.3 Å². The molecule has 4 nitrogen and oxygen atoms in total. The van der Waals surface area contributed by atoms with E-state index in [1.54, 1.807) is 0 Å². The topological polar surface area (TPSA) is 77.8 Å². The maximum atomic E-state index is 13.3. The molecule has 0 aromatic heterocycles. The second kappa shape index (κ2) is 5.05. The highest BCUT2D eigenvalue weighted by molar-refractivity contribution is 5.92. The molecule has 3 N–H and O–H groups in total. The Morgan fingerprint density at radius 1 is 1.12 bits per heavy atom. The fraction of sp³-hybridized carbons (Fsp3) is 0.950. The predicted molar refractivity (Wildman–Crippen MR) is 90.1 cm³/mol. The number of fused-ring (bicyclic) bond motifs is 3. The number of hydrogen-bond acceptors (Lipinski definition) is 4. The van der Waals surface area contributed by atoms with E-state index in [0.717, 1.165) is 32.1 Å². The van der Waals surface area contributed by atoms with Crippen molar-refractivity contribution in [3.63, 3.8) is 0 Å². The van der Waals surface area contributed by atoms with Gasteiger partial charge in [-0.15, -0.1) is 0 Å². The number of carbonyl (C=O) groups excluding carboxylic acids is 1. The Bertz CT molecular complexity index is 558. The van der Waals surface area contributed by atoms with Crippen molar-refractivity contribution in [2.45, 2.75) is 71.5 Å². The third kappa shape index (κ3) is 1.68. The highest BCUT2D eigenvalue weighted by Crippen LogP contribution is 2.71. The lowest BCUT2D eigenvalue weighted by Gasteiger charge is -2.65. The Balaban J connectivity index is 1.89. The molecule has 0 unspecified atom stereocenters. The maximum Gasteiger partial charge on any atom is 0.147 e. The van der Waals surface area contributed by atoms with Gasteiger partial charge < -0.3 is 15.3 Å².